The quantitative estimate of drug-likeness (QED) is 0.655. The molecule has 1 amide bonds. The molecular formula is C13H11ClN8O3. The minimum Gasteiger partial charge on any atom is -0.288 e. The molecule has 0 atom stereocenters. The average Bonchev–Trinajstić information content (AvgIpc) is 2.97. The summed E-state index contributed by atoms with van der Waals surface area (Å²) in [5.74, 6) is -0.820. The number of rotatable bonds is 3. The summed E-state index contributed by atoms with van der Waals surface area (Å²) in [6.45, 7) is 0. The molecule has 1 aromatic carbocycles. The number of carbonyl (C=O) groups excluding carboxylic acids is 1. The van der Waals surface area contributed by atoms with Gasteiger partial charge in [0.2, 0.25) is 11.6 Å². The number of hydrogen-bond donors (Lipinski definition) is 1. The molecule has 0 radical (unpaired) electrons. The van der Waals surface area contributed by atoms with Crippen LogP contribution in [0.2, 0.25) is 5.02 Å². The van der Waals surface area contributed by atoms with E-state index in [1.54, 1.807) is 0 Å². The zero-order valence-electron chi connectivity index (χ0n) is 13.0. The third-order valence-electron chi connectivity index (χ3n) is 3.27. The van der Waals surface area contributed by atoms with Crippen molar-refractivity contribution in [2.75, 3.05) is 5.32 Å². The van der Waals surface area contributed by atoms with E-state index in [0.29, 0.717) is 5.02 Å². The second kappa shape index (κ2) is 6.28. The highest BCUT2D eigenvalue weighted by atomic mass is 35.5. The van der Waals surface area contributed by atoms with Crippen LogP contribution in [0, 0.1) is 0 Å². The van der Waals surface area contributed by atoms with E-state index < -0.39 is 22.9 Å². The van der Waals surface area contributed by atoms with Crippen LogP contribution < -0.4 is 16.6 Å². The number of aryl methyl sites for hydroxylation is 2. The highest BCUT2D eigenvalue weighted by molar-refractivity contribution is 6.30. The van der Waals surface area contributed by atoms with Crippen LogP contribution in [0.3, 0.4) is 0 Å². The largest absolute Gasteiger partial charge is 0.351 e. The zero-order valence-corrected chi connectivity index (χ0v) is 13.8. The van der Waals surface area contributed by atoms with Gasteiger partial charge in [0.15, 0.2) is 0 Å². The molecular weight excluding hydrogens is 352 g/mol. The van der Waals surface area contributed by atoms with Crippen molar-refractivity contribution in [1.29, 1.82) is 0 Å². The number of tetrazole rings is 1. The Labute approximate surface area is 144 Å². The lowest BCUT2D eigenvalue weighted by atomic mass is 10.3. The third-order valence-corrected chi connectivity index (χ3v) is 3.52. The maximum atomic E-state index is 12.6. The highest BCUT2D eigenvalue weighted by Crippen LogP contribution is 2.10. The number of anilines is 1. The van der Waals surface area contributed by atoms with Crippen molar-refractivity contribution in [2.24, 2.45) is 14.1 Å². The second-order valence-corrected chi connectivity index (χ2v) is 5.39. The monoisotopic (exact) mass is 362 g/mol. The van der Waals surface area contributed by atoms with Gasteiger partial charge in [0.05, 0.1) is 5.69 Å². The first-order valence-electron chi connectivity index (χ1n) is 6.88. The Balaban J connectivity index is 2.11. The molecule has 0 saturated carbocycles. The molecule has 12 heteroatoms. The maximum absolute atomic E-state index is 12.6. The van der Waals surface area contributed by atoms with E-state index in [9.17, 15) is 14.4 Å². The Kier molecular flexibility index (Phi) is 4.15. The van der Waals surface area contributed by atoms with Crippen LogP contribution >= 0.6 is 11.6 Å². The van der Waals surface area contributed by atoms with Gasteiger partial charge in [0.25, 0.3) is 11.5 Å². The van der Waals surface area contributed by atoms with E-state index in [1.165, 1.54) is 43.0 Å². The molecule has 25 heavy (non-hydrogen) atoms. The van der Waals surface area contributed by atoms with Crippen molar-refractivity contribution < 1.29 is 4.79 Å². The lowest BCUT2D eigenvalue weighted by molar-refractivity contribution is 0.101. The molecule has 2 aromatic heterocycles. The van der Waals surface area contributed by atoms with Gasteiger partial charge >= 0.3 is 5.69 Å². The summed E-state index contributed by atoms with van der Waals surface area (Å²) in [5, 5.41) is 17.1. The second-order valence-electron chi connectivity index (χ2n) is 4.95. The molecule has 0 bridgehead atoms. The van der Waals surface area contributed by atoms with E-state index in [-0.39, 0.29) is 11.6 Å². The fourth-order valence-electron chi connectivity index (χ4n) is 2.03. The molecule has 3 aromatic rings. The van der Waals surface area contributed by atoms with Gasteiger partial charge < -0.3 is 0 Å². The lowest BCUT2D eigenvalue weighted by Crippen LogP contribution is -2.43. The first kappa shape index (κ1) is 16.5. The molecule has 3 rings (SSSR count). The van der Waals surface area contributed by atoms with E-state index in [4.69, 9.17) is 11.6 Å². The fraction of sp³-hybridized carbons (Fsp3) is 0.154. The van der Waals surface area contributed by atoms with Crippen LogP contribution in [-0.2, 0) is 14.1 Å². The average molecular weight is 363 g/mol. The first-order valence-corrected chi connectivity index (χ1v) is 7.26. The molecule has 0 unspecified atom stereocenters. The number of halogens is 1. The van der Waals surface area contributed by atoms with Gasteiger partial charge in [-0.25, -0.2) is 18.7 Å². The summed E-state index contributed by atoms with van der Waals surface area (Å²) in [6.07, 6.45) is 0. The van der Waals surface area contributed by atoms with Crippen molar-refractivity contribution >= 4 is 23.5 Å². The van der Waals surface area contributed by atoms with Crippen LogP contribution in [0.5, 0.6) is 0 Å². The van der Waals surface area contributed by atoms with Gasteiger partial charge in [-0.05, 0) is 34.7 Å². The summed E-state index contributed by atoms with van der Waals surface area (Å²) in [5.41, 5.74) is -1.81. The smallest absolute Gasteiger partial charge is 0.288 e. The minimum absolute atomic E-state index is 0.0260. The molecule has 0 aliphatic rings. The maximum Gasteiger partial charge on any atom is 0.351 e. The molecule has 0 spiro atoms. The standard InChI is InChI=1S/C13H11ClN8O3/c1-20-12(16-18-19-20)15-10(23)9-11(24)22(13(25)21(2)17-9)8-5-3-7(14)4-6-8/h3-6H,1-2H3,(H,15,16,19,23). The Morgan fingerprint density at radius 3 is 2.40 bits per heavy atom. The number of carbonyl (C=O) groups is 1. The predicted octanol–water partition coefficient (Wildman–Crippen LogP) is -0.640. The summed E-state index contributed by atoms with van der Waals surface area (Å²) < 4.78 is 2.92. The summed E-state index contributed by atoms with van der Waals surface area (Å²) in [4.78, 5) is 37.3. The predicted molar refractivity (Wildman–Crippen MR) is 86.8 cm³/mol. The third kappa shape index (κ3) is 3.04. The van der Waals surface area contributed by atoms with Crippen LogP contribution in [-0.4, -0.2) is 40.5 Å². The first-order chi connectivity index (χ1) is 11.9. The Hall–Kier alpha value is -3.34. The molecule has 1 N–H and O–H groups in total. The van der Waals surface area contributed by atoms with E-state index in [2.05, 4.69) is 25.9 Å². The molecule has 0 saturated heterocycles. The Morgan fingerprint density at radius 1 is 1.12 bits per heavy atom. The Morgan fingerprint density at radius 2 is 1.80 bits per heavy atom. The summed E-state index contributed by atoms with van der Waals surface area (Å²) in [7, 11) is 2.84. The van der Waals surface area contributed by atoms with Crippen LogP contribution in [0.25, 0.3) is 5.69 Å². The number of benzene rings is 1. The molecule has 11 nitrogen and oxygen atoms in total. The van der Waals surface area contributed by atoms with Gasteiger partial charge in [0, 0.05) is 19.1 Å². The number of hydrogen-bond acceptors (Lipinski definition) is 7. The van der Waals surface area contributed by atoms with Crippen molar-refractivity contribution in [1.82, 2.24) is 34.6 Å². The van der Waals surface area contributed by atoms with Crippen LogP contribution in [0.4, 0.5) is 5.95 Å². The summed E-state index contributed by atoms with van der Waals surface area (Å²) in [6, 6.07) is 6.02. The lowest BCUT2D eigenvalue weighted by Gasteiger charge is -2.09. The number of aromatic nitrogens is 7. The molecule has 0 aliphatic heterocycles. The van der Waals surface area contributed by atoms with Gasteiger partial charge in [-0.15, -0.1) is 0 Å². The van der Waals surface area contributed by atoms with Crippen molar-refractivity contribution in [3.63, 3.8) is 0 Å². The molecule has 128 valence electrons. The SMILES string of the molecule is Cn1nnnc1NC(=O)c1nn(C)c(=O)n(-c2ccc(Cl)cc2)c1=O. The summed E-state index contributed by atoms with van der Waals surface area (Å²) >= 11 is 5.82. The van der Waals surface area contributed by atoms with Crippen LogP contribution in [0.1, 0.15) is 10.5 Å². The van der Waals surface area contributed by atoms with Gasteiger partial charge in [-0.3, -0.25) is 14.9 Å². The van der Waals surface area contributed by atoms with Crippen LogP contribution in [0.15, 0.2) is 33.9 Å². The Bertz CT molecular complexity index is 1070. The van der Waals surface area contributed by atoms with Gasteiger partial charge in [-0.2, -0.15) is 5.10 Å². The normalized spacial score (nSPS) is 10.7. The highest BCUT2D eigenvalue weighted by Gasteiger charge is 2.21. The minimum atomic E-state index is -0.877. The van der Waals surface area contributed by atoms with Crippen molar-refractivity contribution in [2.45, 2.75) is 0 Å². The molecule has 2 heterocycles. The van der Waals surface area contributed by atoms with Crippen molar-refractivity contribution in [3.05, 3.63) is 55.8 Å². The number of nitrogens with zero attached hydrogens (tertiary/aromatic N) is 7. The topological polar surface area (TPSA) is 130 Å². The van der Waals surface area contributed by atoms with Crippen molar-refractivity contribution in [3.8, 4) is 5.69 Å². The van der Waals surface area contributed by atoms with Gasteiger partial charge in [-0.1, -0.05) is 16.7 Å². The van der Waals surface area contributed by atoms with Gasteiger partial charge in [0.1, 0.15) is 0 Å². The van der Waals surface area contributed by atoms with E-state index >= 15 is 0 Å². The van der Waals surface area contributed by atoms with E-state index in [0.717, 1.165) is 9.25 Å². The molecule has 0 aliphatic carbocycles. The van der Waals surface area contributed by atoms with E-state index in [1.807, 2.05) is 0 Å². The fourth-order valence-corrected chi connectivity index (χ4v) is 2.16. The zero-order chi connectivity index (χ0) is 18.1. The molecule has 0 fully saturated rings. The number of amides is 1. The number of nitrogens with one attached hydrogen (secondary N) is 1.